The molecule has 1 N–H and O–H groups in total. The van der Waals surface area contributed by atoms with Crippen molar-refractivity contribution in [1.82, 2.24) is 20.1 Å². The number of hydrogen-bond acceptors (Lipinski definition) is 4. The van der Waals surface area contributed by atoms with Crippen LogP contribution in [0.1, 0.15) is 26.3 Å². The lowest BCUT2D eigenvalue weighted by molar-refractivity contribution is -0.130. The third kappa shape index (κ3) is 4.59. The van der Waals surface area contributed by atoms with E-state index in [4.69, 9.17) is 0 Å². The van der Waals surface area contributed by atoms with E-state index in [9.17, 15) is 9.59 Å². The number of nitrogens with one attached hydrogen (secondary N) is 1. The van der Waals surface area contributed by atoms with Crippen molar-refractivity contribution in [3.63, 3.8) is 0 Å². The summed E-state index contributed by atoms with van der Waals surface area (Å²) in [6, 6.07) is 3.89. The zero-order valence-electron chi connectivity index (χ0n) is 14.8. The Morgan fingerprint density at radius 2 is 1.75 bits per heavy atom. The molecule has 1 fully saturated rings. The monoisotopic (exact) mass is 333 g/mol. The summed E-state index contributed by atoms with van der Waals surface area (Å²) < 4.78 is 0. The van der Waals surface area contributed by atoms with Crippen LogP contribution in [-0.2, 0) is 11.3 Å². The average molecular weight is 333 g/mol. The molecule has 0 aromatic carbocycles. The number of piperazine rings is 1. The molecule has 0 unspecified atom stereocenters. The van der Waals surface area contributed by atoms with Crippen LogP contribution in [0.15, 0.2) is 18.3 Å². The van der Waals surface area contributed by atoms with Gasteiger partial charge >= 0.3 is 6.03 Å². The lowest BCUT2D eigenvalue weighted by atomic mass is 10.2. The first-order valence-corrected chi connectivity index (χ1v) is 8.53. The summed E-state index contributed by atoms with van der Waals surface area (Å²) in [5.74, 6) is 1.02. The van der Waals surface area contributed by atoms with Crippen molar-refractivity contribution in [2.75, 3.05) is 44.2 Å². The largest absolute Gasteiger partial charge is 0.357 e. The maximum atomic E-state index is 12.2. The van der Waals surface area contributed by atoms with Gasteiger partial charge in [-0.1, -0.05) is 6.07 Å². The predicted octanol–water partition coefficient (Wildman–Crippen LogP) is 1.30. The molecule has 2 heterocycles. The van der Waals surface area contributed by atoms with Gasteiger partial charge in [-0.25, -0.2) is 9.78 Å². The van der Waals surface area contributed by atoms with E-state index in [0.29, 0.717) is 32.7 Å². The second-order valence-electron chi connectivity index (χ2n) is 5.85. The molecule has 7 nitrogen and oxygen atoms in total. The zero-order chi connectivity index (χ0) is 17.5. The Balaban J connectivity index is 1.81. The van der Waals surface area contributed by atoms with E-state index < -0.39 is 0 Å². The average Bonchev–Trinajstić information content (AvgIpc) is 2.62. The van der Waals surface area contributed by atoms with Crippen molar-refractivity contribution in [1.29, 1.82) is 0 Å². The fourth-order valence-corrected chi connectivity index (χ4v) is 2.77. The number of carbonyl (C=O) groups excluding carboxylic acids is 2. The van der Waals surface area contributed by atoms with E-state index in [0.717, 1.165) is 24.5 Å². The van der Waals surface area contributed by atoms with Crippen LogP contribution in [0.25, 0.3) is 0 Å². The lowest BCUT2D eigenvalue weighted by Gasteiger charge is -2.34. The third-order valence-corrected chi connectivity index (χ3v) is 4.35. The van der Waals surface area contributed by atoms with Crippen LogP contribution >= 0.6 is 0 Å². The Morgan fingerprint density at radius 1 is 1.12 bits per heavy atom. The number of carbonyl (C=O) groups is 2. The topological polar surface area (TPSA) is 68.8 Å². The standard InChI is InChI=1S/C17H27N5O2/c1-4-20(5-2)16-7-6-15(12-18-16)13-19-17(24)22-10-8-21(9-11-22)14(3)23/h6-7,12H,4-5,8-11,13H2,1-3H3,(H,19,24). The van der Waals surface area contributed by atoms with Gasteiger partial charge in [0.1, 0.15) is 5.82 Å². The van der Waals surface area contributed by atoms with Crippen molar-refractivity contribution in [3.05, 3.63) is 23.9 Å². The van der Waals surface area contributed by atoms with Gasteiger partial charge in [-0.15, -0.1) is 0 Å². The van der Waals surface area contributed by atoms with E-state index in [1.807, 2.05) is 18.3 Å². The number of amides is 3. The second-order valence-corrected chi connectivity index (χ2v) is 5.85. The summed E-state index contributed by atoms with van der Waals surface area (Å²) in [6.07, 6.45) is 1.81. The van der Waals surface area contributed by atoms with Crippen molar-refractivity contribution in [2.24, 2.45) is 0 Å². The van der Waals surface area contributed by atoms with E-state index in [2.05, 4.69) is 29.0 Å². The van der Waals surface area contributed by atoms with Gasteiger partial charge in [-0.3, -0.25) is 4.79 Å². The molecule has 1 aliphatic heterocycles. The highest BCUT2D eigenvalue weighted by Crippen LogP contribution is 2.11. The van der Waals surface area contributed by atoms with Gasteiger partial charge in [0.05, 0.1) is 0 Å². The highest BCUT2D eigenvalue weighted by molar-refractivity contribution is 5.76. The molecule has 0 radical (unpaired) electrons. The Labute approximate surface area is 143 Å². The van der Waals surface area contributed by atoms with Crippen molar-refractivity contribution >= 4 is 17.8 Å². The SMILES string of the molecule is CCN(CC)c1ccc(CNC(=O)N2CCN(C(C)=O)CC2)cn1. The Morgan fingerprint density at radius 3 is 2.25 bits per heavy atom. The molecule has 1 aliphatic rings. The number of nitrogens with zero attached hydrogens (tertiary/aromatic N) is 4. The van der Waals surface area contributed by atoms with Crippen molar-refractivity contribution < 1.29 is 9.59 Å². The highest BCUT2D eigenvalue weighted by atomic mass is 16.2. The van der Waals surface area contributed by atoms with Crippen LogP contribution in [0.4, 0.5) is 10.6 Å². The van der Waals surface area contributed by atoms with Crippen LogP contribution in [0, 0.1) is 0 Å². The van der Waals surface area contributed by atoms with Gasteiger partial charge in [0.2, 0.25) is 5.91 Å². The molecule has 0 atom stereocenters. The molecule has 132 valence electrons. The smallest absolute Gasteiger partial charge is 0.317 e. The van der Waals surface area contributed by atoms with Crippen LogP contribution < -0.4 is 10.2 Å². The lowest BCUT2D eigenvalue weighted by Crippen LogP contribution is -2.52. The molecular weight excluding hydrogens is 306 g/mol. The van der Waals surface area contributed by atoms with E-state index >= 15 is 0 Å². The van der Waals surface area contributed by atoms with Crippen LogP contribution in [-0.4, -0.2) is 66.0 Å². The number of anilines is 1. The van der Waals surface area contributed by atoms with E-state index in [1.165, 1.54) is 0 Å². The molecule has 1 aromatic rings. The van der Waals surface area contributed by atoms with Gasteiger partial charge in [-0.05, 0) is 25.5 Å². The minimum atomic E-state index is -0.0916. The molecule has 1 saturated heterocycles. The van der Waals surface area contributed by atoms with Gasteiger partial charge < -0.3 is 20.0 Å². The van der Waals surface area contributed by atoms with E-state index in [-0.39, 0.29) is 11.9 Å². The van der Waals surface area contributed by atoms with Crippen LogP contribution in [0.3, 0.4) is 0 Å². The first-order chi connectivity index (χ1) is 11.5. The number of pyridine rings is 1. The quantitative estimate of drug-likeness (QED) is 0.882. The van der Waals surface area contributed by atoms with E-state index in [1.54, 1.807) is 16.7 Å². The maximum absolute atomic E-state index is 12.2. The molecule has 1 aromatic heterocycles. The zero-order valence-corrected chi connectivity index (χ0v) is 14.8. The second kappa shape index (κ2) is 8.52. The molecule has 0 spiro atoms. The minimum Gasteiger partial charge on any atom is -0.357 e. The molecule has 0 saturated carbocycles. The summed E-state index contributed by atoms with van der Waals surface area (Å²) in [5.41, 5.74) is 0.974. The summed E-state index contributed by atoms with van der Waals surface area (Å²) in [4.78, 5) is 33.6. The molecule has 0 aliphatic carbocycles. The van der Waals surface area contributed by atoms with Crippen LogP contribution in [0.2, 0.25) is 0 Å². The molecule has 7 heteroatoms. The summed E-state index contributed by atoms with van der Waals surface area (Å²) in [5, 5.41) is 2.92. The molecular formula is C17H27N5O2. The molecule has 3 amide bonds. The first kappa shape index (κ1) is 18.0. The summed E-state index contributed by atoms with van der Waals surface area (Å²) in [7, 11) is 0. The number of hydrogen-bond donors (Lipinski definition) is 1. The Bertz CT molecular complexity index is 549. The minimum absolute atomic E-state index is 0.0643. The highest BCUT2D eigenvalue weighted by Gasteiger charge is 2.21. The molecule has 24 heavy (non-hydrogen) atoms. The number of aromatic nitrogens is 1. The fourth-order valence-electron chi connectivity index (χ4n) is 2.77. The predicted molar refractivity (Wildman–Crippen MR) is 93.9 cm³/mol. The number of urea groups is 1. The van der Waals surface area contributed by atoms with Gasteiger partial charge in [0.25, 0.3) is 0 Å². The maximum Gasteiger partial charge on any atom is 0.317 e. The Hall–Kier alpha value is -2.31. The molecule has 0 bridgehead atoms. The van der Waals surface area contributed by atoms with Gasteiger partial charge in [0, 0.05) is 58.9 Å². The van der Waals surface area contributed by atoms with Crippen molar-refractivity contribution in [2.45, 2.75) is 27.3 Å². The molecule has 2 rings (SSSR count). The third-order valence-electron chi connectivity index (χ3n) is 4.35. The fraction of sp³-hybridized carbons (Fsp3) is 0.588. The van der Waals surface area contributed by atoms with Crippen LogP contribution in [0.5, 0.6) is 0 Å². The normalized spacial score (nSPS) is 14.5. The first-order valence-electron chi connectivity index (χ1n) is 8.53. The summed E-state index contributed by atoms with van der Waals surface area (Å²) >= 11 is 0. The van der Waals surface area contributed by atoms with Gasteiger partial charge in [0.15, 0.2) is 0 Å². The van der Waals surface area contributed by atoms with Crippen molar-refractivity contribution in [3.8, 4) is 0 Å². The Kier molecular flexibility index (Phi) is 6.40. The van der Waals surface area contributed by atoms with Gasteiger partial charge in [-0.2, -0.15) is 0 Å². The summed E-state index contributed by atoms with van der Waals surface area (Å²) in [6.45, 7) is 10.4. The number of rotatable bonds is 5.